The second-order valence-electron chi connectivity index (χ2n) is 9.56. The van der Waals surface area contributed by atoms with E-state index in [1.54, 1.807) is 0 Å². The molecular weight excluding hydrogens is 452 g/mol. The molecule has 4 nitrogen and oxygen atoms in total. The van der Waals surface area contributed by atoms with Gasteiger partial charge >= 0.3 is 0 Å². The number of imidazole rings is 1. The molecule has 2 aromatic heterocycles. The number of pyridine rings is 1. The first-order valence-electron chi connectivity index (χ1n) is 12.5. The van der Waals surface area contributed by atoms with Gasteiger partial charge in [0.15, 0.2) is 0 Å². The largest absolute Gasteiger partial charge is 0.306 e. The summed E-state index contributed by atoms with van der Waals surface area (Å²) in [4.78, 5) is 12.0. The van der Waals surface area contributed by atoms with Gasteiger partial charge in [-0.25, -0.2) is 4.98 Å². The summed E-state index contributed by atoms with van der Waals surface area (Å²) in [5, 5.41) is 3.53. The molecule has 0 spiro atoms. The minimum Gasteiger partial charge on any atom is -0.306 e. The zero-order valence-electron chi connectivity index (χ0n) is 20.3. The fourth-order valence-electron chi connectivity index (χ4n) is 5.89. The number of fused-ring (bicyclic) bond motifs is 5. The van der Waals surface area contributed by atoms with E-state index in [4.69, 9.17) is 9.97 Å². The van der Waals surface area contributed by atoms with Crippen LogP contribution >= 0.6 is 0 Å². The van der Waals surface area contributed by atoms with Crippen molar-refractivity contribution in [3.8, 4) is 16.8 Å². The van der Waals surface area contributed by atoms with Gasteiger partial charge in [-0.2, -0.15) is 0 Å². The lowest BCUT2D eigenvalue weighted by molar-refractivity contribution is 0.982. The summed E-state index contributed by atoms with van der Waals surface area (Å²) in [6, 6.07) is 38.8. The van der Waals surface area contributed by atoms with Crippen LogP contribution in [0, 0.1) is 6.92 Å². The van der Waals surface area contributed by atoms with Crippen molar-refractivity contribution in [2.75, 3.05) is 4.90 Å². The van der Waals surface area contributed by atoms with Crippen molar-refractivity contribution in [2.45, 2.75) is 6.92 Å². The van der Waals surface area contributed by atoms with Gasteiger partial charge in [-0.1, -0.05) is 60.7 Å². The molecule has 1 aliphatic rings. The fourth-order valence-corrected chi connectivity index (χ4v) is 5.89. The van der Waals surface area contributed by atoms with Crippen molar-refractivity contribution in [1.82, 2.24) is 14.5 Å². The van der Waals surface area contributed by atoms with Gasteiger partial charge in [-0.15, -0.1) is 0 Å². The van der Waals surface area contributed by atoms with Crippen LogP contribution in [0.2, 0.25) is 0 Å². The normalized spacial score (nSPS) is 12.4. The number of anilines is 3. The Bertz CT molecular complexity index is 2000. The molecule has 8 rings (SSSR count). The molecule has 4 heteroatoms. The molecule has 3 heterocycles. The zero-order valence-corrected chi connectivity index (χ0v) is 20.3. The van der Waals surface area contributed by atoms with E-state index >= 15 is 0 Å². The van der Waals surface area contributed by atoms with Crippen LogP contribution in [0.5, 0.6) is 0 Å². The van der Waals surface area contributed by atoms with E-state index in [2.05, 4.69) is 120 Å². The molecule has 0 saturated carbocycles. The molecule has 7 aromatic rings. The molecule has 0 atom stereocenters. The van der Waals surface area contributed by atoms with Gasteiger partial charge in [0.05, 0.1) is 33.6 Å². The van der Waals surface area contributed by atoms with Crippen molar-refractivity contribution in [2.24, 2.45) is 0 Å². The number of nitrogens with zero attached hydrogens (tertiary/aromatic N) is 4. The van der Waals surface area contributed by atoms with E-state index in [0.717, 1.165) is 56.1 Å². The van der Waals surface area contributed by atoms with Crippen molar-refractivity contribution in [1.29, 1.82) is 0 Å². The van der Waals surface area contributed by atoms with E-state index in [1.807, 2.05) is 12.3 Å². The van der Waals surface area contributed by atoms with E-state index < -0.39 is 0 Å². The van der Waals surface area contributed by atoms with Gasteiger partial charge in [0.2, 0.25) is 0 Å². The Labute approximate surface area is 214 Å². The van der Waals surface area contributed by atoms with Crippen LogP contribution in [0.4, 0.5) is 17.1 Å². The number of hydrogen-bond donors (Lipinski definition) is 0. The number of rotatable bonds is 2. The molecule has 174 valence electrons. The third kappa shape index (κ3) is 2.84. The minimum absolute atomic E-state index is 0.990. The number of aryl methyl sites for hydroxylation is 1. The summed E-state index contributed by atoms with van der Waals surface area (Å²) in [7, 11) is 0. The molecule has 0 saturated heterocycles. The molecule has 0 amide bonds. The highest BCUT2D eigenvalue weighted by atomic mass is 15.2. The highest BCUT2D eigenvalue weighted by Crippen LogP contribution is 2.48. The smallest absolute Gasteiger partial charge is 0.111 e. The Balaban J connectivity index is 1.46. The quantitative estimate of drug-likeness (QED) is 0.236. The number of aromatic nitrogens is 3. The molecule has 0 radical (unpaired) electrons. The summed E-state index contributed by atoms with van der Waals surface area (Å²) < 4.78 is 2.29. The van der Waals surface area contributed by atoms with Crippen LogP contribution in [-0.4, -0.2) is 14.5 Å². The highest BCUT2D eigenvalue weighted by Gasteiger charge is 2.28. The monoisotopic (exact) mass is 474 g/mol. The summed E-state index contributed by atoms with van der Waals surface area (Å²) in [6.45, 7) is 2.09. The maximum Gasteiger partial charge on any atom is 0.111 e. The average Bonchev–Trinajstić information content (AvgIpc) is 3.30. The van der Waals surface area contributed by atoms with E-state index in [-0.39, 0.29) is 0 Å². The van der Waals surface area contributed by atoms with Gasteiger partial charge in [0.25, 0.3) is 0 Å². The van der Waals surface area contributed by atoms with Crippen molar-refractivity contribution in [3.63, 3.8) is 0 Å². The second-order valence-corrected chi connectivity index (χ2v) is 9.56. The predicted octanol–water partition coefficient (Wildman–Crippen LogP) is 8.49. The maximum atomic E-state index is 4.90. The van der Waals surface area contributed by atoms with Crippen LogP contribution in [0.1, 0.15) is 5.82 Å². The molecule has 0 aliphatic carbocycles. The van der Waals surface area contributed by atoms with Gasteiger partial charge in [0, 0.05) is 22.7 Å². The van der Waals surface area contributed by atoms with E-state index in [1.165, 1.54) is 16.3 Å². The Morgan fingerprint density at radius 1 is 0.649 bits per heavy atom. The van der Waals surface area contributed by atoms with Crippen LogP contribution in [0.3, 0.4) is 0 Å². The van der Waals surface area contributed by atoms with Gasteiger partial charge in [0.1, 0.15) is 5.82 Å². The number of para-hydroxylation sites is 2. The first-order valence-corrected chi connectivity index (χ1v) is 12.5. The molecule has 0 fully saturated rings. The summed E-state index contributed by atoms with van der Waals surface area (Å²) in [6.07, 6.45) is 1.88. The molecule has 0 bridgehead atoms. The molecule has 0 unspecified atom stereocenters. The lowest BCUT2D eigenvalue weighted by atomic mass is 9.94. The first-order chi connectivity index (χ1) is 18.3. The highest BCUT2D eigenvalue weighted by molar-refractivity contribution is 6.12. The second kappa shape index (κ2) is 7.52. The third-order valence-electron chi connectivity index (χ3n) is 7.46. The lowest BCUT2D eigenvalue weighted by Gasteiger charge is -2.33. The van der Waals surface area contributed by atoms with Crippen molar-refractivity contribution >= 4 is 49.8 Å². The summed E-state index contributed by atoms with van der Waals surface area (Å²) in [5.41, 5.74) is 10.1. The Morgan fingerprint density at radius 2 is 1.49 bits per heavy atom. The molecule has 37 heavy (non-hydrogen) atoms. The average molecular weight is 475 g/mol. The van der Waals surface area contributed by atoms with Crippen molar-refractivity contribution in [3.05, 3.63) is 121 Å². The number of benzene rings is 5. The standard InChI is InChI=1S/C33H22N4/c1-21-35-28-14-7-15-30-33(28)36(21)29-17-16-23(20-31(29)37(30)24-10-3-2-4-11-24)27-19-22-9-5-6-12-25(22)32-26(27)13-8-18-34-32/h2-20H,1H3. The van der Waals surface area contributed by atoms with Crippen LogP contribution < -0.4 is 4.90 Å². The van der Waals surface area contributed by atoms with Crippen LogP contribution in [-0.2, 0) is 0 Å². The molecule has 0 N–H and O–H groups in total. The van der Waals surface area contributed by atoms with Gasteiger partial charge in [-0.05, 0) is 72.0 Å². The lowest BCUT2D eigenvalue weighted by Crippen LogP contribution is -2.18. The Hall–Kier alpha value is -4.96. The van der Waals surface area contributed by atoms with Crippen LogP contribution in [0.15, 0.2) is 115 Å². The number of hydrogen-bond acceptors (Lipinski definition) is 3. The predicted molar refractivity (Wildman–Crippen MR) is 152 cm³/mol. The van der Waals surface area contributed by atoms with E-state index in [9.17, 15) is 0 Å². The van der Waals surface area contributed by atoms with Gasteiger partial charge < -0.3 is 4.90 Å². The zero-order chi connectivity index (χ0) is 24.5. The van der Waals surface area contributed by atoms with E-state index in [0.29, 0.717) is 0 Å². The van der Waals surface area contributed by atoms with Crippen LogP contribution in [0.25, 0.3) is 49.5 Å². The van der Waals surface area contributed by atoms with Crippen molar-refractivity contribution < 1.29 is 0 Å². The molecule has 1 aliphatic heterocycles. The Kier molecular flexibility index (Phi) is 4.12. The Morgan fingerprint density at radius 3 is 2.41 bits per heavy atom. The van der Waals surface area contributed by atoms with Gasteiger partial charge in [-0.3, -0.25) is 9.55 Å². The minimum atomic E-state index is 0.990. The summed E-state index contributed by atoms with van der Waals surface area (Å²) >= 11 is 0. The maximum absolute atomic E-state index is 4.90. The molecule has 5 aromatic carbocycles. The fraction of sp³-hybridized carbons (Fsp3) is 0.0303. The molecular formula is C33H22N4. The SMILES string of the molecule is Cc1nc2cccc3c2n1-c1ccc(-c2cc4ccccc4c4ncccc24)cc1N3c1ccccc1. The topological polar surface area (TPSA) is 34.0 Å². The summed E-state index contributed by atoms with van der Waals surface area (Å²) in [5.74, 6) is 0.990. The first kappa shape index (κ1) is 20.3. The third-order valence-corrected chi connectivity index (χ3v) is 7.46.